The molecule has 1 aromatic heterocycles. The highest BCUT2D eigenvalue weighted by Gasteiger charge is 2.38. The number of fused-ring (bicyclic) bond motifs is 1. The predicted octanol–water partition coefficient (Wildman–Crippen LogP) is 4.64. The number of hydrogen-bond acceptors (Lipinski definition) is 3. The van der Waals surface area contributed by atoms with Crippen LogP contribution in [0, 0.1) is 5.41 Å². The molecule has 25 heavy (non-hydrogen) atoms. The standard InChI is InChI=1S/C20H27ClN2O2/c1-3-18(22)20(4-2)8-5-14(6-9-20)25-17-11-13-7-10-23-19(24)15(13)12-16(17)21/h7,10-12,14,18H,3-6,8-9,22H2,1-2H3,(H,23,24)/t14?,18-,20?/m0/s1. The van der Waals surface area contributed by atoms with E-state index in [1.165, 1.54) is 0 Å². The summed E-state index contributed by atoms with van der Waals surface area (Å²) in [4.78, 5) is 14.5. The second kappa shape index (κ2) is 7.38. The Kier molecular flexibility index (Phi) is 5.40. The summed E-state index contributed by atoms with van der Waals surface area (Å²) < 4.78 is 6.20. The molecular formula is C20H27ClN2O2. The van der Waals surface area contributed by atoms with Gasteiger partial charge in [-0.2, -0.15) is 0 Å². The van der Waals surface area contributed by atoms with Gasteiger partial charge in [0.25, 0.3) is 5.56 Å². The van der Waals surface area contributed by atoms with Gasteiger partial charge in [-0.1, -0.05) is 25.4 Å². The van der Waals surface area contributed by atoms with Crippen LogP contribution in [-0.4, -0.2) is 17.1 Å². The Morgan fingerprint density at radius 1 is 1.36 bits per heavy atom. The summed E-state index contributed by atoms with van der Waals surface area (Å²) in [7, 11) is 0. The van der Waals surface area contributed by atoms with Crippen molar-refractivity contribution in [2.75, 3.05) is 0 Å². The molecule has 2 aromatic rings. The van der Waals surface area contributed by atoms with Crippen LogP contribution in [-0.2, 0) is 0 Å². The van der Waals surface area contributed by atoms with Crippen molar-refractivity contribution in [3.05, 3.63) is 39.8 Å². The van der Waals surface area contributed by atoms with Gasteiger partial charge in [-0.15, -0.1) is 0 Å². The zero-order valence-electron chi connectivity index (χ0n) is 15.0. The number of benzene rings is 1. The first-order chi connectivity index (χ1) is 12.0. The summed E-state index contributed by atoms with van der Waals surface area (Å²) in [6.07, 6.45) is 8.10. The fraction of sp³-hybridized carbons (Fsp3) is 0.550. The summed E-state index contributed by atoms with van der Waals surface area (Å²) in [5.41, 5.74) is 6.51. The average Bonchev–Trinajstić information content (AvgIpc) is 2.63. The van der Waals surface area contributed by atoms with Crippen molar-refractivity contribution >= 4 is 22.4 Å². The van der Waals surface area contributed by atoms with Gasteiger partial charge in [0, 0.05) is 17.6 Å². The van der Waals surface area contributed by atoms with Crippen molar-refractivity contribution in [1.29, 1.82) is 0 Å². The Morgan fingerprint density at radius 2 is 2.08 bits per heavy atom. The third kappa shape index (κ3) is 3.56. The molecule has 0 aliphatic heterocycles. The normalized spacial score (nSPS) is 25.0. The number of halogens is 1. The van der Waals surface area contributed by atoms with Gasteiger partial charge in [0.1, 0.15) is 5.75 Å². The lowest BCUT2D eigenvalue weighted by molar-refractivity contribution is 0.0569. The maximum absolute atomic E-state index is 11.9. The summed E-state index contributed by atoms with van der Waals surface area (Å²) in [6, 6.07) is 5.68. The Morgan fingerprint density at radius 3 is 2.72 bits per heavy atom. The van der Waals surface area contributed by atoms with Crippen molar-refractivity contribution in [1.82, 2.24) is 4.98 Å². The van der Waals surface area contributed by atoms with Crippen molar-refractivity contribution in [3.8, 4) is 5.75 Å². The topological polar surface area (TPSA) is 68.1 Å². The second-order valence-electron chi connectivity index (χ2n) is 7.22. The van der Waals surface area contributed by atoms with Crippen LogP contribution in [0.2, 0.25) is 5.02 Å². The molecule has 1 fully saturated rings. The smallest absolute Gasteiger partial charge is 0.255 e. The Hall–Kier alpha value is -1.52. The molecule has 1 aliphatic carbocycles. The molecule has 3 N–H and O–H groups in total. The van der Waals surface area contributed by atoms with Gasteiger partial charge in [0.15, 0.2) is 0 Å². The minimum atomic E-state index is -0.134. The third-order valence-electron chi connectivity index (χ3n) is 5.98. The quantitative estimate of drug-likeness (QED) is 0.814. The van der Waals surface area contributed by atoms with Gasteiger partial charge in [-0.3, -0.25) is 4.79 Å². The second-order valence-corrected chi connectivity index (χ2v) is 7.63. The van der Waals surface area contributed by atoms with Crippen LogP contribution in [0.1, 0.15) is 52.4 Å². The first-order valence-electron chi connectivity index (χ1n) is 9.22. The van der Waals surface area contributed by atoms with Gasteiger partial charge >= 0.3 is 0 Å². The van der Waals surface area contributed by atoms with Crippen LogP contribution in [0.25, 0.3) is 10.8 Å². The molecule has 0 radical (unpaired) electrons. The molecule has 5 heteroatoms. The molecule has 3 rings (SSSR count). The van der Waals surface area contributed by atoms with Crippen molar-refractivity contribution in [2.45, 2.75) is 64.5 Å². The van der Waals surface area contributed by atoms with E-state index >= 15 is 0 Å². The molecule has 1 aliphatic rings. The van der Waals surface area contributed by atoms with Gasteiger partial charge in [-0.25, -0.2) is 0 Å². The minimum absolute atomic E-state index is 0.134. The molecule has 0 unspecified atom stereocenters. The molecule has 0 bridgehead atoms. The lowest BCUT2D eigenvalue weighted by Crippen LogP contribution is -2.45. The molecule has 0 amide bonds. The van der Waals surface area contributed by atoms with E-state index < -0.39 is 0 Å². The van der Waals surface area contributed by atoms with E-state index in [0.717, 1.165) is 43.9 Å². The summed E-state index contributed by atoms with van der Waals surface area (Å²) in [5, 5.41) is 1.92. The summed E-state index contributed by atoms with van der Waals surface area (Å²) in [5.74, 6) is 0.661. The van der Waals surface area contributed by atoms with Crippen molar-refractivity contribution in [2.24, 2.45) is 11.1 Å². The van der Waals surface area contributed by atoms with Crippen LogP contribution in [0.15, 0.2) is 29.2 Å². The van der Waals surface area contributed by atoms with E-state index in [1.807, 2.05) is 12.1 Å². The van der Waals surface area contributed by atoms with Gasteiger partial charge in [-0.05, 0) is 67.5 Å². The van der Waals surface area contributed by atoms with E-state index in [2.05, 4.69) is 18.8 Å². The first kappa shape index (κ1) is 18.3. The Labute approximate surface area is 153 Å². The first-order valence-corrected chi connectivity index (χ1v) is 9.60. The van der Waals surface area contributed by atoms with Crippen LogP contribution in [0.5, 0.6) is 5.75 Å². The number of nitrogens with two attached hydrogens (primary N) is 1. The number of rotatable bonds is 5. The summed E-state index contributed by atoms with van der Waals surface area (Å²) in [6.45, 7) is 4.41. The van der Waals surface area contributed by atoms with Crippen LogP contribution in [0.4, 0.5) is 0 Å². The zero-order valence-corrected chi connectivity index (χ0v) is 15.7. The van der Waals surface area contributed by atoms with Crippen molar-refractivity contribution < 1.29 is 4.74 Å². The largest absolute Gasteiger partial charge is 0.489 e. The highest BCUT2D eigenvalue weighted by atomic mass is 35.5. The third-order valence-corrected chi connectivity index (χ3v) is 6.27. The zero-order chi connectivity index (χ0) is 18.0. The Balaban J connectivity index is 1.75. The molecule has 0 spiro atoms. The van der Waals surface area contributed by atoms with Crippen LogP contribution in [0.3, 0.4) is 0 Å². The monoisotopic (exact) mass is 362 g/mol. The highest BCUT2D eigenvalue weighted by Crippen LogP contribution is 2.43. The van der Waals surface area contributed by atoms with E-state index in [-0.39, 0.29) is 23.1 Å². The molecule has 1 aromatic carbocycles. The number of ether oxygens (including phenoxy) is 1. The molecule has 136 valence electrons. The average molecular weight is 363 g/mol. The molecule has 1 heterocycles. The molecule has 1 saturated carbocycles. The highest BCUT2D eigenvalue weighted by molar-refractivity contribution is 6.32. The molecule has 4 nitrogen and oxygen atoms in total. The van der Waals surface area contributed by atoms with E-state index in [1.54, 1.807) is 12.3 Å². The lowest BCUT2D eigenvalue weighted by atomic mass is 9.66. The van der Waals surface area contributed by atoms with Gasteiger partial charge < -0.3 is 15.5 Å². The summed E-state index contributed by atoms with van der Waals surface area (Å²) >= 11 is 6.35. The number of hydrogen-bond donors (Lipinski definition) is 2. The van der Waals surface area contributed by atoms with Crippen LogP contribution < -0.4 is 16.0 Å². The fourth-order valence-electron chi connectivity index (χ4n) is 4.16. The van der Waals surface area contributed by atoms with E-state index in [4.69, 9.17) is 22.1 Å². The van der Waals surface area contributed by atoms with E-state index in [9.17, 15) is 4.79 Å². The maximum Gasteiger partial charge on any atom is 0.255 e. The lowest BCUT2D eigenvalue weighted by Gasteiger charge is -2.43. The number of pyridine rings is 1. The predicted molar refractivity (Wildman–Crippen MR) is 103 cm³/mol. The number of aromatic nitrogens is 1. The molecular weight excluding hydrogens is 336 g/mol. The Bertz CT molecular complexity index is 794. The fourth-order valence-corrected chi connectivity index (χ4v) is 4.37. The van der Waals surface area contributed by atoms with E-state index in [0.29, 0.717) is 16.2 Å². The molecule has 0 saturated heterocycles. The maximum atomic E-state index is 11.9. The van der Waals surface area contributed by atoms with Gasteiger partial charge in [0.05, 0.1) is 11.1 Å². The number of H-pyrrole nitrogens is 1. The number of nitrogens with one attached hydrogen (secondary N) is 1. The van der Waals surface area contributed by atoms with Crippen LogP contribution >= 0.6 is 11.6 Å². The van der Waals surface area contributed by atoms with Gasteiger partial charge in [0.2, 0.25) is 0 Å². The minimum Gasteiger partial charge on any atom is -0.489 e. The number of aromatic amines is 1. The van der Waals surface area contributed by atoms with Crippen molar-refractivity contribution in [3.63, 3.8) is 0 Å². The SMILES string of the molecule is CC[C@H](N)C1(CC)CCC(Oc2cc3cc[nH]c(=O)c3cc2Cl)CC1. The molecule has 1 atom stereocenters.